The first-order valence-electron chi connectivity index (χ1n) is 5.93. The van der Waals surface area contributed by atoms with Gasteiger partial charge in [0.15, 0.2) is 0 Å². The molecule has 2 nitrogen and oxygen atoms in total. The molecule has 0 aliphatic rings. The fraction of sp³-hybridized carbons (Fsp3) is 0.267. The van der Waals surface area contributed by atoms with Gasteiger partial charge in [-0.05, 0) is 31.0 Å². The second-order valence-corrected chi connectivity index (χ2v) is 5.29. The van der Waals surface area contributed by atoms with Crippen LogP contribution in [0.4, 0.5) is 0 Å². The van der Waals surface area contributed by atoms with Crippen LogP contribution < -0.4 is 0 Å². The van der Waals surface area contributed by atoms with Crippen molar-refractivity contribution in [3.63, 3.8) is 0 Å². The summed E-state index contributed by atoms with van der Waals surface area (Å²) < 4.78 is 5.88. The van der Waals surface area contributed by atoms with E-state index in [4.69, 9.17) is 4.74 Å². The molecule has 1 heterocycles. The van der Waals surface area contributed by atoms with Crippen molar-refractivity contribution in [2.45, 2.75) is 20.3 Å². The van der Waals surface area contributed by atoms with E-state index in [1.807, 2.05) is 18.2 Å². The number of ether oxygens (including phenoxy) is 1. The molecular formula is C15H16O2S. The number of allylic oxidation sites excluding steroid dienone is 1. The smallest absolute Gasteiger partial charge is 0.348 e. The maximum absolute atomic E-state index is 11.5. The molecule has 94 valence electrons. The second-order valence-electron chi connectivity index (χ2n) is 4.21. The summed E-state index contributed by atoms with van der Waals surface area (Å²) in [4.78, 5) is 12.2. The Kier molecular flexibility index (Phi) is 3.82. The number of rotatable bonds is 3. The average Bonchev–Trinajstić information content (AvgIpc) is 2.82. The average molecular weight is 260 g/mol. The Balaban J connectivity index is 2.55. The molecule has 0 N–H and O–H groups in total. The van der Waals surface area contributed by atoms with E-state index in [0.717, 1.165) is 16.5 Å². The van der Waals surface area contributed by atoms with Gasteiger partial charge < -0.3 is 4.74 Å². The minimum Gasteiger partial charge on any atom is -0.465 e. The summed E-state index contributed by atoms with van der Waals surface area (Å²) in [6.45, 7) is 4.26. The lowest BCUT2D eigenvalue weighted by molar-refractivity contribution is 0.0606. The highest BCUT2D eigenvalue weighted by Gasteiger charge is 2.11. The molecule has 0 aliphatic heterocycles. The predicted octanol–water partition coefficient (Wildman–Crippen LogP) is 4.50. The third-order valence-electron chi connectivity index (χ3n) is 2.94. The first kappa shape index (κ1) is 12.8. The molecule has 2 aromatic rings. The molecule has 0 bridgehead atoms. The zero-order valence-corrected chi connectivity index (χ0v) is 11.6. The molecule has 1 aromatic carbocycles. The molecule has 2 rings (SSSR count). The maximum Gasteiger partial charge on any atom is 0.348 e. The number of carbonyl (C=O) groups is 1. The number of thiophene rings is 1. The number of hydrogen-bond acceptors (Lipinski definition) is 3. The molecule has 1 aromatic heterocycles. The van der Waals surface area contributed by atoms with Crippen LogP contribution >= 0.6 is 11.3 Å². The lowest BCUT2D eigenvalue weighted by Crippen LogP contribution is -1.96. The Labute approximate surface area is 111 Å². The first-order valence-corrected chi connectivity index (χ1v) is 6.75. The minimum atomic E-state index is -0.265. The number of methoxy groups -OCH3 is 1. The summed E-state index contributed by atoms with van der Waals surface area (Å²) in [6, 6.07) is 8.05. The number of carbonyl (C=O) groups excluding carboxylic acids is 1. The summed E-state index contributed by atoms with van der Waals surface area (Å²) in [5, 5.41) is 1.12. The van der Waals surface area contributed by atoms with Crippen molar-refractivity contribution in [1.82, 2.24) is 0 Å². The van der Waals surface area contributed by atoms with Crippen molar-refractivity contribution >= 4 is 33.5 Å². The molecule has 3 heteroatoms. The van der Waals surface area contributed by atoms with Gasteiger partial charge in [-0.25, -0.2) is 4.79 Å². The van der Waals surface area contributed by atoms with Gasteiger partial charge >= 0.3 is 5.97 Å². The van der Waals surface area contributed by atoms with E-state index < -0.39 is 0 Å². The highest BCUT2D eigenvalue weighted by atomic mass is 32.1. The lowest BCUT2D eigenvalue weighted by Gasteiger charge is -1.99. The standard InChI is InChI=1S/C15H16O2S/c1-4-10(2)8-11-6-5-7-13-12(11)9-14(18-13)15(16)17-3/h5-9H,4H2,1-3H3/b10-8+. The van der Waals surface area contributed by atoms with E-state index in [9.17, 15) is 4.79 Å². The van der Waals surface area contributed by atoms with E-state index >= 15 is 0 Å². The highest BCUT2D eigenvalue weighted by molar-refractivity contribution is 7.20. The lowest BCUT2D eigenvalue weighted by atomic mass is 10.1. The molecular weight excluding hydrogens is 244 g/mol. The van der Waals surface area contributed by atoms with E-state index in [1.54, 1.807) is 0 Å². The SMILES string of the molecule is CC/C(C)=C/c1cccc2sc(C(=O)OC)cc12. The zero-order chi connectivity index (χ0) is 13.1. The number of esters is 1. The summed E-state index contributed by atoms with van der Waals surface area (Å²) in [7, 11) is 1.41. The Morgan fingerprint density at radius 2 is 2.22 bits per heavy atom. The Morgan fingerprint density at radius 3 is 2.89 bits per heavy atom. The van der Waals surface area contributed by atoms with Crippen LogP contribution in [0.3, 0.4) is 0 Å². The first-order chi connectivity index (χ1) is 8.65. The molecule has 0 spiro atoms. The molecule has 0 fully saturated rings. The van der Waals surface area contributed by atoms with Crippen molar-refractivity contribution in [3.05, 3.63) is 40.3 Å². The topological polar surface area (TPSA) is 26.3 Å². The Morgan fingerprint density at radius 1 is 1.44 bits per heavy atom. The van der Waals surface area contributed by atoms with Crippen LogP contribution in [0.1, 0.15) is 35.5 Å². The fourth-order valence-electron chi connectivity index (χ4n) is 1.78. The van der Waals surface area contributed by atoms with E-state index in [2.05, 4.69) is 26.0 Å². The third-order valence-corrected chi connectivity index (χ3v) is 4.02. The zero-order valence-electron chi connectivity index (χ0n) is 10.8. The van der Waals surface area contributed by atoms with Gasteiger partial charge in [0.1, 0.15) is 4.88 Å². The largest absolute Gasteiger partial charge is 0.465 e. The number of fused-ring (bicyclic) bond motifs is 1. The molecule has 0 saturated carbocycles. The summed E-state index contributed by atoms with van der Waals surface area (Å²) in [5.41, 5.74) is 2.49. The molecule has 0 aliphatic carbocycles. The van der Waals surface area contributed by atoms with Crippen LogP contribution in [0.2, 0.25) is 0 Å². The van der Waals surface area contributed by atoms with Crippen molar-refractivity contribution in [2.75, 3.05) is 7.11 Å². The summed E-state index contributed by atoms with van der Waals surface area (Å²) in [6.07, 6.45) is 3.21. The molecule has 0 unspecified atom stereocenters. The van der Waals surface area contributed by atoms with Crippen molar-refractivity contribution < 1.29 is 9.53 Å². The third kappa shape index (κ3) is 2.46. The van der Waals surface area contributed by atoms with Crippen LogP contribution in [0.25, 0.3) is 16.2 Å². The number of benzene rings is 1. The minimum absolute atomic E-state index is 0.265. The summed E-state index contributed by atoms with van der Waals surface area (Å²) in [5.74, 6) is -0.265. The van der Waals surface area contributed by atoms with Crippen LogP contribution in [0.15, 0.2) is 29.8 Å². The van der Waals surface area contributed by atoms with E-state index in [0.29, 0.717) is 4.88 Å². The van der Waals surface area contributed by atoms with Gasteiger partial charge in [-0.2, -0.15) is 0 Å². The van der Waals surface area contributed by atoms with Gasteiger partial charge in [-0.3, -0.25) is 0 Å². The highest BCUT2D eigenvalue weighted by Crippen LogP contribution is 2.30. The van der Waals surface area contributed by atoms with Gasteiger partial charge in [0.2, 0.25) is 0 Å². The molecule has 0 saturated heterocycles. The van der Waals surface area contributed by atoms with Gasteiger partial charge in [-0.1, -0.05) is 30.7 Å². The second kappa shape index (κ2) is 5.36. The fourth-order valence-corrected chi connectivity index (χ4v) is 2.79. The van der Waals surface area contributed by atoms with Gasteiger partial charge in [-0.15, -0.1) is 11.3 Å². The molecule has 18 heavy (non-hydrogen) atoms. The van der Waals surface area contributed by atoms with Gasteiger partial charge in [0.25, 0.3) is 0 Å². The molecule has 0 atom stereocenters. The maximum atomic E-state index is 11.5. The Hall–Kier alpha value is -1.61. The van der Waals surface area contributed by atoms with Crippen LogP contribution in [0.5, 0.6) is 0 Å². The van der Waals surface area contributed by atoms with Gasteiger partial charge in [0, 0.05) is 10.1 Å². The normalized spacial score (nSPS) is 11.8. The van der Waals surface area contributed by atoms with Crippen LogP contribution in [0, 0.1) is 0 Å². The molecule has 0 amide bonds. The van der Waals surface area contributed by atoms with Crippen molar-refractivity contribution in [2.24, 2.45) is 0 Å². The van der Waals surface area contributed by atoms with Crippen LogP contribution in [-0.2, 0) is 4.74 Å². The van der Waals surface area contributed by atoms with E-state index in [-0.39, 0.29) is 5.97 Å². The van der Waals surface area contributed by atoms with E-state index in [1.165, 1.54) is 29.6 Å². The quantitative estimate of drug-likeness (QED) is 0.759. The van der Waals surface area contributed by atoms with Crippen LogP contribution in [-0.4, -0.2) is 13.1 Å². The van der Waals surface area contributed by atoms with Crippen molar-refractivity contribution in [1.29, 1.82) is 0 Å². The number of hydrogen-bond donors (Lipinski definition) is 0. The Bertz CT molecular complexity index is 608. The predicted molar refractivity (Wildman–Crippen MR) is 77.1 cm³/mol. The summed E-state index contributed by atoms with van der Waals surface area (Å²) >= 11 is 1.48. The molecule has 0 radical (unpaired) electrons. The monoisotopic (exact) mass is 260 g/mol. The van der Waals surface area contributed by atoms with Crippen molar-refractivity contribution in [3.8, 4) is 0 Å². The van der Waals surface area contributed by atoms with Gasteiger partial charge in [0.05, 0.1) is 7.11 Å².